The Morgan fingerprint density at radius 3 is 2.49 bits per heavy atom. The van der Waals surface area contributed by atoms with Crippen LogP contribution in [0.15, 0.2) is 42.5 Å². The Balaban J connectivity index is 1.22. The van der Waals surface area contributed by atoms with E-state index in [0.717, 1.165) is 24.0 Å². The van der Waals surface area contributed by atoms with Gasteiger partial charge >= 0.3 is 0 Å². The minimum atomic E-state index is -0.655. The summed E-state index contributed by atoms with van der Waals surface area (Å²) in [6.45, 7) is 1.49. The number of carbonyl (C=O) groups excluding carboxylic acids is 5. The summed E-state index contributed by atoms with van der Waals surface area (Å²) < 4.78 is 0. The largest absolute Gasteiger partial charge is 0.339 e. The number of rotatable bonds is 4. The summed E-state index contributed by atoms with van der Waals surface area (Å²) in [7, 11) is 0. The molecule has 3 aliphatic heterocycles. The summed E-state index contributed by atoms with van der Waals surface area (Å²) in [5, 5.41) is 4.88. The number of hydrogen-bond donors (Lipinski definition) is 2. The molecule has 0 aliphatic carbocycles. The summed E-state index contributed by atoms with van der Waals surface area (Å²) in [5.74, 6) is 5.71. The molecular formula is C28H26N4O5. The van der Waals surface area contributed by atoms with Crippen molar-refractivity contribution in [2.75, 3.05) is 18.4 Å². The summed E-state index contributed by atoms with van der Waals surface area (Å²) >= 11 is 0. The number of imide groups is 1. The third-order valence-electron chi connectivity index (χ3n) is 7.13. The third kappa shape index (κ3) is 4.96. The van der Waals surface area contributed by atoms with Crippen LogP contribution in [0, 0.1) is 17.8 Å². The molecule has 188 valence electrons. The molecule has 0 aromatic heterocycles. The van der Waals surface area contributed by atoms with Crippen LogP contribution in [0.25, 0.3) is 0 Å². The molecule has 3 heterocycles. The van der Waals surface area contributed by atoms with E-state index in [2.05, 4.69) is 22.5 Å². The van der Waals surface area contributed by atoms with Gasteiger partial charge in [-0.3, -0.25) is 29.3 Å². The van der Waals surface area contributed by atoms with Gasteiger partial charge in [0, 0.05) is 54.4 Å². The average Bonchev–Trinajstić information content (AvgIpc) is 3.24. The van der Waals surface area contributed by atoms with Gasteiger partial charge in [0.25, 0.3) is 11.8 Å². The van der Waals surface area contributed by atoms with Crippen LogP contribution in [0.5, 0.6) is 0 Å². The molecule has 2 fully saturated rings. The molecule has 2 aromatic carbocycles. The molecule has 3 aliphatic rings. The van der Waals surface area contributed by atoms with Gasteiger partial charge < -0.3 is 15.1 Å². The van der Waals surface area contributed by atoms with Crippen LogP contribution in [0.4, 0.5) is 5.69 Å². The van der Waals surface area contributed by atoms with Crippen molar-refractivity contribution >= 4 is 35.7 Å². The van der Waals surface area contributed by atoms with Gasteiger partial charge in [-0.25, -0.2) is 0 Å². The molecule has 0 bridgehead atoms. The number of hydrogen-bond acceptors (Lipinski definition) is 5. The lowest BCUT2D eigenvalue weighted by atomic mass is 9.95. The number of fused-ring (bicyclic) bond motifs is 1. The van der Waals surface area contributed by atoms with Gasteiger partial charge in [0.1, 0.15) is 6.04 Å². The van der Waals surface area contributed by atoms with E-state index in [-0.39, 0.29) is 30.1 Å². The smallest absolute Gasteiger partial charge is 0.255 e. The fourth-order valence-corrected chi connectivity index (χ4v) is 5.07. The number of amides is 5. The van der Waals surface area contributed by atoms with Crippen LogP contribution in [0.2, 0.25) is 0 Å². The Labute approximate surface area is 214 Å². The van der Waals surface area contributed by atoms with Crippen LogP contribution < -0.4 is 10.6 Å². The minimum Gasteiger partial charge on any atom is -0.339 e. The maximum Gasteiger partial charge on any atom is 0.255 e. The van der Waals surface area contributed by atoms with E-state index in [0.29, 0.717) is 49.3 Å². The van der Waals surface area contributed by atoms with Gasteiger partial charge in [0.05, 0.1) is 0 Å². The highest BCUT2D eigenvalue weighted by atomic mass is 16.2. The van der Waals surface area contributed by atoms with Gasteiger partial charge in [-0.15, -0.1) is 0 Å². The van der Waals surface area contributed by atoms with Gasteiger partial charge in [-0.05, 0) is 61.2 Å². The van der Waals surface area contributed by atoms with Crippen molar-refractivity contribution < 1.29 is 24.0 Å². The normalized spacial score (nSPS) is 19.6. The molecule has 1 unspecified atom stereocenters. The van der Waals surface area contributed by atoms with E-state index < -0.39 is 11.9 Å². The number of carbonyl (C=O) groups is 5. The standard InChI is InChI=1S/C28H26N4O5/c33-17-29-21-8-6-20(7-9-21)27(36)31-14-12-18(13-15-31)4-5-19-2-1-3-22-23(19)16-32(28(22)37)24-10-11-25(34)30-26(24)35/h1-3,6-9,17-18,24H,10-16H2,(H,29,33)(H,30,34,35). The van der Waals surface area contributed by atoms with Crippen molar-refractivity contribution in [3.63, 3.8) is 0 Å². The van der Waals surface area contributed by atoms with Crippen LogP contribution in [0.1, 0.15) is 57.5 Å². The molecular weight excluding hydrogens is 472 g/mol. The summed E-state index contributed by atoms with van der Waals surface area (Å²) in [6, 6.07) is 11.6. The Hall–Kier alpha value is -4.45. The third-order valence-corrected chi connectivity index (χ3v) is 7.13. The second-order valence-electron chi connectivity index (χ2n) is 9.41. The van der Waals surface area contributed by atoms with Crippen molar-refractivity contribution in [2.24, 2.45) is 5.92 Å². The van der Waals surface area contributed by atoms with Crippen molar-refractivity contribution in [3.05, 3.63) is 64.7 Å². The van der Waals surface area contributed by atoms with E-state index >= 15 is 0 Å². The molecule has 0 spiro atoms. The van der Waals surface area contributed by atoms with Crippen LogP contribution in [-0.2, 0) is 20.9 Å². The molecule has 37 heavy (non-hydrogen) atoms. The molecule has 2 aromatic rings. The first-order chi connectivity index (χ1) is 17.9. The molecule has 2 N–H and O–H groups in total. The minimum absolute atomic E-state index is 0.0444. The van der Waals surface area contributed by atoms with Crippen LogP contribution in [-0.4, -0.2) is 59.0 Å². The SMILES string of the molecule is O=CNc1ccc(C(=O)N2CCC(C#Cc3cccc4c3CN(C3CCC(=O)NC3=O)C4=O)CC2)cc1. The van der Waals surface area contributed by atoms with Crippen LogP contribution in [0.3, 0.4) is 0 Å². The predicted octanol–water partition coefficient (Wildman–Crippen LogP) is 1.92. The Bertz CT molecular complexity index is 1330. The average molecular weight is 499 g/mol. The zero-order valence-electron chi connectivity index (χ0n) is 20.2. The Kier molecular flexibility index (Phi) is 6.73. The number of anilines is 1. The molecule has 0 radical (unpaired) electrons. The fraction of sp³-hybridized carbons (Fsp3) is 0.321. The highest BCUT2D eigenvalue weighted by Gasteiger charge is 2.39. The summed E-state index contributed by atoms with van der Waals surface area (Å²) in [4.78, 5) is 63.5. The van der Waals surface area contributed by atoms with Gasteiger partial charge in [-0.1, -0.05) is 17.9 Å². The number of benzene rings is 2. The van der Waals surface area contributed by atoms with Gasteiger partial charge in [0.2, 0.25) is 18.2 Å². The lowest BCUT2D eigenvalue weighted by Crippen LogP contribution is -2.52. The van der Waals surface area contributed by atoms with Crippen molar-refractivity contribution in [2.45, 2.75) is 38.3 Å². The highest BCUT2D eigenvalue weighted by molar-refractivity contribution is 6.05. The lowest BCUT2D eigenvalue weighted by Gasteiger charge is -2.30. The molecule has 1 atom stereocenters. The maximum absolute atomic E-state index is 13.0. The maximum atomic E-state index is 13.0. The zero-order valence-corrected chi connectivity index (χ0v) is 20.2. The van der Waals surface area contributed by atoms with E-state index in [1.54, 1.807) is 36.4 Å². The first-order valence-corrected chi connectivity index (χ1v) is 12.3. The monoisotopic (exact) mass is 498 g/mol. The topological polar surface area (TPSA) is 116 Å². The quantitative estimate of drug-likeness (QED) is 0.380. The van der Waals surface area contributed by atoms with E-state index in [9.17, 15) is 24.0 Å². The predicted molar refractivity (Wildman–Crippen MR) is 134 cm³/mol. The second-order valence-corrected chi connectivity index (χ2v) is 9.41. The fourth-order valence-electron chi connectivity index (χ4n) is 5.07. The number of nitrogens with one attached hydrogen (secondary N) is 2. The molecule has 2 saturated heterocycles. The van der Waals surface area contributed by atoms with Crippen LogP contribution >= 0.6 is 0 Å². The molecule has 9 heteroatoms. The van der Waals surface area contributed by atoms with E-state index in [1.807, 2.05) is 11.0 Å². The van der Waals surface area contributed by atoms with Crippen molar-refractivity contribution in [3.8, 4) is 11.8 Å². The first kappa shape index (κ1) is 24.3. The van der Waals surface area contributed by atoms with E-state index in [4.69, 9.17) is 0 Å². The van der Waals surface area contributed by atoms with E-state index in [1.165, 1.54) is 4.90 Å². The summed E-state index contributed by atoms with van der Waals surface area (Å²) in [6.07, 6.45) is 2.63. The highest BCUT2D eigenvalue weighted by Crippen LogP contribution is 2.30. The lowest BCUT2D eigenvalue weighted by molar-refractivity contribution is -0.136. The Morgan fingerprint density at radius 2 is 1.78 bits per heavy atom. The summed E-state index contributed by atoms with van der Waals surface area (Å²) in [5.41, 5.74) is 3.33. The number of piperidine rings is 2. The molecule has 0 saturated carbocycles. The number of likely N-dealkylation sites (tertiary alicyclic amines) is 1. The molecule has 5 amide bonds. The Morgan fingerprint density at radius 1 is 1.03 bits per heavy atom. The van der Waals surface area contributed by atoms with Gasteiger partial charge in [-0.2, -0.15) is 0 Å². The second kappa shape index (κ2) is 10.3. The van der Waals surface area contributed by atoms with Crippen molar-refractivity contribution in [1.82, 2.24) is 15.1 Å². The molecule has 5 rings (SSSR count). The zero-order chi connectivity index (χ0) is 25.9. The van der Waals surface area contributed by atoms with Crippen molar-refractivity contribution in [1.29, 1.82) is 0 Å². The molecule has 9 nitrogen and oxygen atoms in total. The number of nitrogens with zero attached hydrogens (tertiary/aromatic N) is 2. The first-order valence-electron chi connectivity index (χ1n) is 12.3. The van der Waals surface area contributed by atoms with Gasteiger partial charge in [0.15, 0.2) is 0 Å².